The van der Waals surface area contributed by atoms with Crippen molar-refractivity contribution in [3.8, 4) is 0 Å². The number of benzene rings is 1. The van der Waals surface area contributed by atoms with Crippen molar-refractivity contribution in [2.24, 2.45) is 5.92 Å². The Balaban J connectivity index is 2.05. The minimum absolute atomic E-state index is 0.00301. The second kappa shape index (κ2) is 10.3. The summed E-state index contributed by atoms with van der Waals surface area (Å²) in [4.78, 5) is 16.8. The van der Waals surface area contributed by atoms with Gasteiger partial charge in [0.1, 0.15) is 12.6 Å². The van der Waals surface area contributed by atoms with Crippen molar-refractivity contribution in [3.05, 3.63) is 58.3 Å². The maximum Gasteiger partial charge on any atom is 0.400 e. The van der Waals surface area contributed by atoms with E-state index in [1.807, 2.05) is 0 Å². The van der Waals surface area contributed by atoms with Gasteiger partial charge in [0.2, 0.25) is 0 Å². The third kappa shape index (κ3) is 6.69. The van der Waals surface area contributed by atoms with Crippen LogP contribution in [0.1, 0.15) is 11.4 Å². The second-order valence-electron chi connectivity index (χ2n) is 9.83. The number of imidazole rings is 1. The summed E-state index contributed by atoms with van der Waals surface area (Å²) in [6, 6.07) is 7.97. The van der Waals surface area contributed by atoms with Gasteiger partial charge in [-0.3, -0.25) is 4.79 Å². The van der Waals surface area contributed by atoms with Crippen molar-refractivity contribution in [2.75, 3.05) is 12.3 Å². The number of aromatic nitrogens is 3. The van der Waals surface area contributed by atoms with Crippen LogP contribution in [0, 0.1) is 5.92 Å². The molecule has 2 heterocycles. The average molecular weight is 535 g/mol. The molecule has 0 radical (unpaired) electrons. The quantitative estimate of drug-likeness (QED) is 0.226. The number of nitrogens with two attached hydrogens (primary N) is 1. The van der Waals surface area contributed by atoms with Crippen molar-refractivity contribution < 1.29 is 31.1 Å². The van der Waals surface area contributed by atoms with Gasteiger partial charge in [-0.25, -0.2) is 4.98 Å². The monoisotopic (exact) mass is 534 g/mol. The molecule has 198 valence electrons. The highest BCUT2D eigenvalue weighted by Gasteiger charge is 2.56. The van der Waals surface area contributed by atoms with E-state index in [0.29, 0.717) is 12.1 Å². The molecule has 13 heteroatoms. The maximum atomic E-state index is 13.2. The molecule has 0 saturated carbocycles. The Morgan fingerprint density at radius 3 is 2.33 bits per heavy atom. The molecule has 0 aliphatic carbocycles. The Kier molecular flexibility index (Phi) is 7.94. The highest BCUT2D eigenvalue weighted by Crippen LogP contribution is 2.42. The smallest absolute Gasteiger partial charge is 0.394 e. The zero-order valence-corrected chi connectivity index (χ0v) is 21.1. The first kappa shape index (κ1) is 27.8. The summed E-state index contributed by atoms with van der Waals surface area (Å²) in [5.74, 6) is -3.29. The molecule has 2 aromatic heterocycles. The van der Waals surface area contributed by atoms with E-state index in [4.69, 9.17) is 10.5 Å². The Bertz CT molecular complexity index is 1250. The van der Waals surface area contributed by atoms with Gasteiger partial charge in [-0.15, -0.1) is 0 Å². The first-order chi connectivity index (χ1) is 16.6. The molecule has 0 aliphatic rings. The van der Waals surface area contributed by atoms with Crippen molar-refractivity contribution in [2.45, 2.75) is 57.7 Å². The fourth-order valence-corrected chi connectivity index (χ4v) is 4.44. The van der Waals surface area contributed by atoms with Crippen molar-refractivity contribution >= 4 is 24.8 Å². The molecular formula is C23H28F6N4O2Si. The van der Waals surface area contributed by atoms with Gasteiger partial charge in [-0.2, -0.15) is 26.3 Å². The van der Waals surface area contributed by atoms with Gasteiger partial charge in [-0.05, 0) is 36.2 Å². The predicted molar refractivity (Wildman–Crippen MR) is 127 cm³/mol. The zero-order chi connectivity index (χ0) is 26.9. The summed E-state index contributed by atoms with van der Waals surface area (Å²) >= 11 is 0. The minimum Gasteiger partial charge on any atom is -0.394 e. The molecule has 0 saturated heterocycles. The molecule has 3 rings (SSSR count). The molecule has 0 bridgehead atoms. The molecule has 0 unspecified atom stereocenters. The first-order valence-corrected chi connectivity index (χ1v) is 14.9. The number of nitrogen functional groups attached to an aromatic ring is 1. The lowest BCUT2D eigenvalue weighted by Crippen LogP contribution is -2.38. The number of pyridine rings is 1. The van der Waals surface area contributed by atoms with Gasteiger partial charge in [0.25, 0.3) is 5.56 Å². The van der Waals surface area contributed by atoms with Gasteiger partial charge in [0, 0.05) is 20.9 Å². The summed E-state index contributed by atoms with van der Waals surface area (Å²) in [6.07, 6.45) is -10.8. The van der Waals surface area contributed by atoms with Crippen LogP contribution in [0.25, 0.3) is 11.0 Å². The zero-order valence-electron chi connectivity index (χ0n) is 20.1. The van der Waals surface area contributed by atoms with E-state index in [1.54, 1.807) is 16.7 Å². The van der Waals surface area contributed by atoms with Gasteiger partial charge in [0.15, 0.2) is 5.92 Å². The molecule has 6 nitrogen and oxygen atoms in total. The number of rotatable bonds is 9. The summed E-state index contributed by atoms with van der Waals surface area (Å²) in [6.45, 7) is 6.81. The predicted octanol–water partition coefficient (Wildman–Crippen LogP) is 5.42. The number of hydrogen-bond donors (Lipinski definition) is 1. The van der Waals surface area contributed by atoms with Gasteiger partial charge >= 0.3 is 12.4 Å². The van der Waals surface area contributed by atoms with Crippen LogP contribution in [-0.4, -0.2) is 41.2 Å². The molecule has 1 aromatic carbocycles. The number of halogens is 6. The van der Waals surface area contributed by atoms with E-state index in [9.17, 15) is 31.1 Å². The van der Waals surface area contributed by atoms with Crippen molar-refractivity contribution in [3.63, 3.8) is 0 Å². The van der Waals surface area contributed by atoms with Crippen LogP contribution in [0.4, 0.5) is 32.0 Å². The Morgan fingerprint density at radius 1 is 1.06 bits per heavy atom. The fourth-order valence-electron chi connectivity index (χ4n) is 3.69. The number of hydrogen-bond acceptors (Lipinski definition) is 4. The van der Waals surface area contributed by atoms with Crippen LogP contribution < -0.4 is 11.3 Å². The molecule has 3 aromatic rings. The maximum absolute atomic E-state index is 13.2. The van der Waals surface area contributed by atoms with E-state index < -0.39 is 38.3 Å². The molecule has 36 heavy (non-hydrogen) atoms. The van der Waals surface area contributed by atoms with E-state index in [1.165, 1.54) is 29.0 Å². The molecule has 2 N–H and O–H groups in total. The first-order valence-electron chi connectivity index (χ1n) is 11.2. The number of nitrogens with zero attached hydrogens (tertiary/aromatic N) is 3. The highest BCUT2D eigenvalue weighted by molar-refractivity contribution is 6.76. The normalized spacial score (nSPS) is 13.2. The molecule has 0 fully saturated rings. The van der Waals surface area contributed by atoms with Crippen LogP contribution in [0.15, 0.2) is 41.3 Å². The van der Waals surface area contributed by atoms with Gasteiger partial charge < -0.3 is 19.6 Å². The SMILES string of the molecule is C[Si](C)(C)CCOCn1c(Cn2cccc(N)c2=O)nc2c(CC(C(F)(F)F)C(F)(F)F)cccc21. The molecule has 0 amide bonds. The van der Waals surface area contributed by atoms with Gasteiger partial charge in [-0.1, -0.05) is 31.8 Å². The summed E-state index contributed by atoms with van der Waals surface area (Å²) in [7, 11) is -1.41. The fraction of sp³-hybridized carbons (Fsp3) is 0.478. The number of ether oxygens (including phenoxy) is 1. The lowest BCUT2D eigenvalue weighted by Gasteiger charge is -2.23. The van der Waals surface area contributed by atoms with Gasteiger partial charge in [0.05, 0.1) is 23.3 Å². The number of anilines is 1. The minimum atomic E-state index is -5.47. The van der Waals surface area contributed by atoms with E-state index >= 15 is 0 Å². The topological polar surface area (TPSA) is 75.1 Å². The largest absolute Gasteiger partial charge is 0.400 e. The lowest BCUT2D eigenvalue weighted by molar-refractivity contribution is -0.283. The average Bonchev–Trinajstić information content (AvgIpc) is 3.08. The van der Waals surface area contributed by atoms with Crippen LogP contribution in [0.2, 0.25) is 25.7 Å². The number of para-hydroxylation sites is 1. The third-order valence-electron chi connectivity index (χ3n) is 5.73. The standard InChI is InChI=1S/C23H28F6N4O2Si/c1-36(2,3)11-10-35-14-33-17-8-4-6-15(12-18(22(24,25)26)23(27,28)29)20(17)31-19(33)13-32-9-5-7-16(30)21(32)34/h4-9,18H,10-14,30H2,1-3H3. The van der Waals surface area contributed by atoms with Crippen LogP contribution in [0.5, 0.6) is 0 Å². The highest BCUT2D eigenvalue weighted by atomic mass is 28.3. The van der Waals surface area contributed by atoms with E-state index in [2.05, 4.69) is 24.6 Å². The number of alkyl halides is 6. The van der Waals surface area contributed by atoms with E-state index in [0.717, 1.165) is 6.04 Å². The summed E-state index contributed by atoms with van der Waals surface area (Å²) < 4.78 is 88.1. The van der Waals surface area contributed by atoms with Crippen molar-refractivity contribution in [1.29, 1.82) is 0 Å². The Labute approximate surface area is 204 Å². The van der Waals surface area contributed by atoms with Crippen molar-refractivity contribution in [1.82, 2.24) is 14.1 Å². The van der Waals surface area contributed by atoms with Crippen LogP contribution in [-0.2, 0) is 24.4 Å². The van der Waals surface area contributed by atoms with E-state index in [-0.39, 0.29) is 35.9 Å². The number of fused-ring (bicyclic) bond motifs is 1. The second-order valence-corrected chi connectivity index (χ2v) is 15.4. The van der Waals surface area contributed by atoms with Crippen LogP contribution >= 0.6 is 0 Å². The third-order valence-corrected chi connectivity index (χ3v) is 7.44. The molecule has 0 aliphatic heterocycles. The summed E-state index contributed by atoms with van der Waals surface area (Å²) in [5.41, 5.74) is 5.30. The van der Waals surface area contributed by atoms with Crippen LogP contribution in [0.3, 0.4) is 0 Å². The molecule has 0 atom stereocenters. The summed E-state index contributed by atoms with van der Waals surface area (Å²) in [5, 5.41) is 0. The molecule has 0 spiro atoms. The lowest BCUT2D eigenvalue weighted by atomic mass is 9.97. The Morgan fingerprint density at radius 2 is 1.72 bits per heavy atom. The molecular weight excluding hydrogens is 506 g/mol. The Hall–Kier alpha value is -2.80.